The first kappa shape index (κ1) is 29.3. The van der Waals surface area contributed by atoms with E-state index in [0.29, 0.717) is 23.8 Å². The third-order valence-electron chi connectivity index (χ3n) is 6.58. The van der Waals surface area contributed by atoms with Gasteiger partial charge in [-0.3, -0.25) is 0 Å². The zero-order valence-electron chi connectivity index (χ0n) is 24.3. The van der Waals surface area contributed by atoms with Crippen LogP contribution in [-0.4, -0.2) is 37.8 Å². The number of ether oxygens (including phenoxy) is 1. The van der Waals surface area contributed by atoms with E-state index in [9.17, 15) is 10.1 Å². The van der Waals surface area contributed by atoms with Crippen LogP contribution in [0.5, 0.6) is 0 Å². The molecule has 2 N–H and O–H groups in total. The van der Waals surface area contributed by atoms with Crippen molar-refractivity contribution in [1.82, 2.24) is 24.8 Å². The predicted octanol–water partition coefficient (Wildman–Crippen LogP) is 6.39. The number of nitrogens with one attached hydrogen (secondary N) is 2. The quantitative estimate of drug-likeness (QED) is 0.234. The van der Waals surface area contributed by atoms with Gasteiger partial charge in [0.2, 0.25) is 5.95 Å². The Bertz CT molecular complexity index is 1500. The maximum absolute atomic E-state index is 12.0. The second-order valence-electron chi connectivity index (χ2n) is 10.9. The van der Waals surface area contributed by atoms with Crippen molar-refractivity contribution in [2.75, 3.05) is 11.9 Å². The molecule has 2 heterocycles. The molecule has 0 radical (unpaired) electrons. The number of nitrogens with zero attached hydrogens (tertiary/aromatic N) is 5. The Morgan fingerprint density at radius 1 is 1.10 bits per heavy atom. The summed E-state index contributed by atoms with van der Waals surface area (Å²) in [4.78, 5) is 25.4. The lowest BCUT2D eigenvalue weighted by atomic mass is 9.98. The van der Waals surface area contributed by atoms with Crippen LogP contribution in [0.25, 0.3) is 11.3 Å². The first-order valence-electron chi connectivity index (χ1n) is 13.9. The van der Waals surface area contributed by atoms with Gasteiger partial charge in [-0.25, -0.2) is 19.7 Å². The zero-order valence-corrected chi connectivity index (χ0v) is 24.3. The molecule has 4 rings (SSSR count). The fourth-order valence-corrected chi connectivity index (χ4v) is 4.37. The lowest BCUT2D eigenvalue weighted by molar-refractivity contribution is 0.0525. The number of amides is 1. The highest BCUT2D eigenvalue weighted by atomic mass is 16.6. The van der Waals surface area contributed by atoms with Gasteiger partial charge in [0.15, 0.2) is 0 Å². The highest BCUT2D eigenvalue weighted by Crippen LogP contribution is 2.26. The minimum atomic E-state index is -0.539. The predicted molar refractivity (Wildman–Crippen MR) is 160 cm³/mol. The minimum absolute atomic E-state index is 0.0752. The molecule has 1 unspecified atom stereocenters. The number of hydrogen-bond acceptors (Lipinski definition) is 7. The summed E-state index contributed by atoms with van der Waals surface area (Å²) < 4.78 is 7.50. The van der Waals surface area contributed by atoms with Crippen LogP contribution in [0.2, 0.25) is 0 Å². The number of aromatic nitrogens is 4. The third kappa shape index (κ3) is 8.15. The lowest BCUT2D eigenvalue weighted by Crippen LogP contribution is -2.34. The van der Waals surface area contributed by atoms with Crippen LogP contribution in [0.15, 0.2) is 67.1 Å². The zero-order chi connectivity index (χ0) is 29.4. The molecule has 212 valence electrons. The van der Waals surface area contributed by atoms with Crippen molar-refractivity contribution < 1.29 is 9.53 Å². The van der Waals surface area contributed by atoms with E-state index in [1.54, 1.807) is 0 Å². The van der Waals surface area contributed by atoms with E-state index >= 15 is 0 Å². The topological polar surface area (TPSA) is 118 Å². The SMILES string of the molecule is CCc1nccn1CCc1ccc(Nc2ncc(C#N)c(-c3ccc(C(C)CNC(=O)OC(C)(C)C)cc3)n2)cc1. The maximum Gasteiger partial charge on any atom is 0.407 e. The molecule has 0 saturated carbocycles. The minimum Gasteiger partial charge on any atom is -0.444 e. The van der Waals surface area contributed by atoms with E-state index in [0.717, 1.165) is 42.0 Å². The molecule has 1 amide bonds. The number of carbonyl (C=O) groups excluding carboxylic acids is 1. The molecule has 9 nitrogen and oxygen atoms in total. The molecule has 0 saturated heterocycles. The highest BCUT2D eigenvalue weighted by Gasteiger charge is 2.17. The number of carbonyl (C=O) groups is 1. The number of hydrogen-bond donors (Lipinski definition) is 2. The molecule has 2 aromatic carbocycles. The summed E-state index contributed by atoms with van der Waals surface area (Å²) in [6, 6.07) is 18.2. The van der Waals surface area contributed by atoms with E-state index in [4.69, 9.17) is 4.74 Å². The molecule has 41 heavy (non-hydrogen) atoms. The Kier molecular flexibility index (Phi) is 9.35. The van der Waals surface area contributed by atoms with E-state index in [2.05, 4.69) is 55.3 Å². The van der Waals surface area contributed by atoms with Crippen molar-refractivity contribution in [3.63, 3.8) is 0 Å². The molecule has 0 bridgehead atoms. The van der Waals surface area contributed by atoms with Crippen LogP contribution in [0.1, 0.15) is 63.1 Å². The highest BCUT2D eigenvalue weighted by molar-refractivity contribution is 5.69. The van der Waals surface area contributed by atoms with E-state index in [1.165, 1.54) is 11.8 Å². The number of alkyl carbamates (subject to hydrolysis) is 1. The summed E-state index contributed by atoms with van der Waals surface area (Å²) in [6.45, 7) is 11.0. The summed E-state index contributed by atoms with van der Waals surface area (Å²) in [7, 11) is 0. The average molecular weight is 552 g/mol. The van der Waals surface area contributed by atoms with Gasteiger partial charge in [-0.2, -0.15) is 5.26 Å². The maximum atomic E-state index is 12.0. The fourth-order valence-electron chi connectivity index (χ4n) is 4.37. The van der Waals surface area contributed by atoms with Crippen LogP contribution >= 0.6 is 0 Å². The van der Waals surface area contributed by atoms with Crippen LogP contribution in [-0.2, 0) is 24.1 Å². The second kappa shape index (κ2) is 13.1. The van der Waals surface area contributed by atoms with Gasteiger partial charge < -0.3 is 19.9 Å². The summed E-state index contributed by atoms with van der Waals surface area (Å²) in [5.74, 6) is 1.58. The van der Waals surface area contributed by atoms with Gasteiger partial charge in [0.25, 0.3) is 0 Å². The monoisotopic (exact) mass is 551 g/mol. The first-order valence-corrected chi connectivity index (χ1v) is 13.9. The van der Waals surface area contributed by atoms with Crippen LogP contribution in [0, 0.1) is 11.3 Å². The number of anilines is 2. The van der Waals surface area contributed by atoms with Crippen molar-refractivity contribution in [2.24, 2.45) is 0 Å². The molecule has 0 aliphatic carbocycles. The smallest absolute Gasteiger partial charge is 0.407 e. The Labute approximate surface area is 241 Å². The number of imidazole rings is 1. The van der Waals surface area contributed by atoms with Crippen molar-refractivity contribution in [3.8, 4) is 17.3 Å². The van der Waals surface area contributed by atoms with E-state index < -0.39 is 11.7 Å². The van der Waals surface area contributed by atoms with Gasteiger partial charge in [0, 0.05) is 43.2 Å². The van der Waals surface area contributed by atoms with Crippen molar-refractivity contribution >= 4 is 17.7 Å². The molecular weight excluding hydrogens is 514 g/mol. The number of aryl methyl sites for hydroxylation is 3. The number of benzene rings is 2. The molecule has 0 aliphatic rings. The molecule has 0 aliphatic heterocycles. The van der Waals surface area contributed by atoms with Crippen LogP contribution in [0.4, 0.5) is 16.4 Å². The van der Waals surface area contributed by atoms with E-state index in [-0.39, 0.29) is 5.92 Å². The molecule has 1 atom stereocenters. The van der Waals surface area contributed by atoms with Crippen LogP contribution < -0.4 is 10.6 Å². The van der Waals surface area contributed by atoms with Gasteiger partial charge in [-0.1, -0.05) is 50.2 Å². The first-order chi connectivity index (χ1) is 19.6. The molecular formula is C32H37N7O2. The Morgan fingerprint density at radius 3 is 2.49 bits per heavy atom. The number of rotatable bonds is 10. The fraction of sp³-hybridized carbons (Fsp3) is 0.344. The standard InChI is InChI=1S/C32H37N7O2/c1-6-28-34-16-18-39(28)17-15-23-7-13-27(14-8-23)37-30-35-21-26(19-33)29(38-30)25-11-9-24(10-12-25)22(2)20-36-31(40)41-32(3,4)5/h7-14,16,18,21-22H,6,15,17,20H2,1-5H3,(H,36,40)(H,35,37,38). The molecule has 4 aromatic rings. The largest absolute Gasteiger partial charge is 0.444 e. The molecule has 0 fully saturated rings. The lowest BCUT2D eigenvalue weighted by Gasteiger charge is -2.21. The Balaban J connectivity index is 1.40. The number of nitriles is 1. The van der Waals surface area contributed by atoms with Gasteiger partial charge in [0.05, 0.1) is 17.5 Å². The summed E-state index contributed by atoms with van der Waals surface area (Å²) in [6.07, 6.45) is 6.80. The summed E-state index contributed by atoms with van der Waals surface area (Å²) in [5, 5.41) is 15.8. The van der Waals surface area contributed by atoms with Crippen molar-refractivity contribution in [2.45, 2.75) is 65.5 Å². The van der Waals surface area contributed by atoms with Crippen LogP contribution in [0.3, 0.4) is 0 Å². The normalized spacial score (nSPS) is 11.9. The van der Waals surface area contributed by atoms with Gasteiger partial charge in [-0.05, 0) is 56.4 Å². The van der Waals surface area contributed by atoms with Gasteiger partial charge in [0.1, 0.15) is 17.5 Å². The summed E-state index contributed by atoms with van der Waals surface area (Å²) in [5.41, 5.74) is 4.36. The molecule has 0 spiro atoms. The third-order valence-corrected chi connectivity index (χ3v) is 6.58. The Morgan fingerprint density at radius 2 is 1.83 bits per heavy atom. The molecule has 9 heteroatoms. The molecule has 2 aromatic heterocycles. The second-order valence-corrected chi connectivity index (χ2v) is 10.9. The Hall–Kier alpha value is -4.71. The van der Waals surface area contributed by atoms with E-state index in [1.807, 2.05) is 76.5 Å². The van der Waals surface area contributed by atoms with Crippen molar-refractivity contribution in [1.29, 1.82) is 5.26 Å². The summed E-state index contributed by atoms with van der Waals surface area (Å²) >= 11 is 0. The van der Waals surface area contributed by atoms with Gasteiger partial charge >= 0.3 is 6.09 Å². The van der Waals surface area contributed by atoms with Gasteiger partial charge in [-0.15, -0.1) is 0 Å². The van der Waals surface area contributed by atoms with Crippen molar-refractivity contribution in [3.05, 3.63) is 89.6 Å². The average Bonchev–Trinajstić information content (AvgIpc) is 3.42.